The first kappa shape index (κ1) is 18.1. The molecule has 0 unspecified atom stereocenters. The molecule has 0 saturated heterocycles. The Bertz CT molecular complexity index is 632. The van der Waals surface area contributed by atoms with Crippen LogP contribution in [0.15, 0.2) is 47.6 Å². The van der Waals surface area contributed by atoms with Crippen LogP contribution in [0.2, 0.25) is 10.0 Å². The van der Waals surface area contributed by atoms with E-state index in [0.29, 0.717) is 28.7 Å². The van der Waals surface area contributed by atoms with Crippen LogP contribution < -0.4 is 0 Å². The van der Waals surface area contributed by atoms with Gasteiger partial charge in [-0.3, -0.25) is 9.78 Å². The number of benzene rings is 1. The molecule has 0 saturated carbocycles. The average molecular weight is 369 g/mol. The first-order chi connectivity index (χ1) is 11.1. The SMILES string of the molecule is CCCN(CCSc1c(Cl)cccc1Cl)C(=O)c1cccnc1. The monoisotopic (exact) mass is 368 g/mol. The van der Waals surface area contributed by atoms with Gasteiger partial charge in [0.05, 0.1) is 15.6 Å². The molecule has 1 aromatic carbocycles. The number of hydrogen-bond donors (Lipinski definition) is 0. The molecule has 0 bridgehead atoms. The van der Waals surface area contributed by atoms with Gasteiger partial charge in [0, 0.05) is 36.1 Å². The van der Waals surface area contributed by atoms with Gasteiger partial charge in [-0.1, -0.05) is 36.2 Å². The zero-order valence-electron chi connectivity index (χ0n) is 12.8. The van der Waals surface area contributed by atoms with E-state index in [-0.39, 0.29) is 5.91 Å². The first-order valence-corrected chi connectivity index (χ1v) is 9.13. The Balaban J connectivity index is 1.99. The number of amides is 1. The van der Waals surface area contributed by atoms with E-state index in [1.807, 2.05) is 23.1 Å². The van der Waals surface area contributed by atoms with Gasteiger partial charge in [-0.2, -0.15) is 0 Å². The average Bonchev–Trinajstić information content (AvgIpc) is 2.57. The molecular weight excluding hydrogens is 351 g/mol. The van der Waals surface area contributed by atoms with Crippen LogP contribution in [-0.2, 0) is 0 Å². The fourth-order valence-electron chi connectivity index (χ4n) is 2.13. The molecule has 2 aromatic rings. The summed E-state index contributed by atoms with van der Waals surface area (Å²) in [5.74, 6) is 0.737. The Kier molecular flexibility index (Phi) is 7.21. The highest BCUT2D eigenvalue weighted by molar-refractivity contribution is 7.99. The summed E-state index contributed by atoms with van der Waals surface area (Å²) in [6.07, 6.45) is 4.17. The third kappa shape index (κ3) is 5.13. The fourth-order valence-corrected chi connectivity index (χ4v) is 3.79. The van der Waals surface area contributed by atoms with E-state index in [0.717, 1.165) is 17.1 Å². The predicted molar refractivity (Wildman–Crippen MR) is 97.6 cm³/mol. The molecule has 0 aliphatic carbocycles. The van der Waals surface area contributed by atoms with E-state index in [4.69, 9.17) is 23.2 Å². The molecule has 0 N–H and O–H groups in total. The molecular formula is C17H18Cl2N2OS. The van der Waals surface area contributed by atoms with E-state index in [9.17, 15) is 4.79 Å². The van der Waals surface area contributed by atoms with Crippen LogP contribution in [0.1, 0.15) is 23.7 Å². The number of rotatable bonds is 7. The highest BCUT2D eigenvalue weighted by atomic mass is 35.5. The molecule has 0 aliphatic rings. The molecule has 122 valence electrons. The van der Waals surface area contributed by atoms with Gasteiger partial charge < -0.3 is 4.90 Å². The normalized spacial score (nSPS) is 10.6. The van der Waals surface area contributed by atoms with Crippen molar-refractivity contribution in [3.05, 3.63) is 58.3 Å². The minimum absolute atomic E-state index is 0.00538. The van der Waals surface area contributed by atoms with E-state index < -0.39 is 0 Å². The second kappa shape index (κ2) is 9.16. The molecule has 0 aliphatic heterocycles. The van der Waals surface area contributed by atoms with Crippen molar-refractivity contribution in [1.82, 2.24) is 9.88 Å². The minimum atomic E-state index is 0.00538. The molecule has 6 heteroatoms. The molecule has 3 nitrogen and oxygen atoms in total. The Labute approximate surface area is 151 Å². The molecule has 0 fully saturated rings. The van der Waals surface area contributed by atoms with Crippen LogP contribution in [0.4, 0.5) is 0 Å². The molecule has 0 radical (unpaired) electrons. The van der Waals surface area contributed by atoms with E-state index >= 15 is 0 Å². The van der Waals surface area contributed by atoms with E-state index in [1.165, 1.54) is 0 Å². The molecule has 23 heavy (non-hydrogen) atoms. The van der Waals surface area contributed by atoms with Gasteiger partial charge in [0.1, 0.15) is 0 Å². The van der Waals surface area contributed by atoms with Crippen LogP contribution in [0.3, 0.4) is 0 Å². The van der Waals surface area contributed by atoms with Crippen molar-refractivity contribution in [2.75, 3.05) is 18.8 Å². The lowest BCUT2D eigenvalue weighted by molar-refractivity contribution is 0.0765. The molecule has 2 rings (SSSR count). The third-order valence-corrected chi connectivity index (χ3v) is 5.19. The summed E-state index contributed by atoms with van der Waals surface area (Å²) < 4.78 is 0. The minimum Gasteiger partial charge on any atom is -0.338 e. The Morgan fingerprint density at radius 1 is 1.17 bits per heavy atom. The lowest BCUT2D eigenvalue weighted by Gasteiger charge is -2.22. The quantitative estimate of drug-likeness (QED) is 0.642. The maximum atomic E-state index is 12.5. The van der Waals surface area contributed by atoms with Crippen molar-refractivity contribution in [1.29, 1.82) is 0 Å². The number of halogens is 2. The van der Waals surface area contributed by atoms with E-state index in [2.05, 4.69) is 11.9 Å². The maximum absolute atomic E-state index is 12.5. The highest BCUT2D eigenvalue weighted by Gasteiger charge is 2.15. The van der Waals surface area contributed by atoms with Crippen molar-refractivity contribution in [2.45, 2.75) is 18.2 Å². The van der Waals surface area contributed by atoms with Gasteiger partial charge in [-0.25, -0.2) is 0 Å². The standard InChI is InChI=1S/C17H18Cl2N2OS/c1-2-9-21(17(22)13-5-4-8-20-12-13)10-11-23-16-14(18)6-3-7-15(16)19/h3-8,12H,2,9-11H2,1H3. The summed E-state index contributed by atoms with van der Waals surface area (Å²) in [5, 5.41) is 1.28. The smallest absolute Gasteiger partial charge is 0.255 e. The lowest BCUT2D eigenvalue weighted by atomic mass is 10.2. The number of thioether (sulfide) groups is 1. The second-order valence-corrected chi connectivity index (χ2v) is 6.85. The molecule has 1 amide bonds. The Morgan fingerprint density at radius 3 is 2.52 bits per heavy atom. The summed E-state index contributed by atoms with van der Waals surface area (Å²) in [7, 11) is 0. The topological polar surface area (TPSA) is 33.2 Å². The Morgan fingerprint density at radius 2 is 1.91 bits per heavy atom. The number of aromatic nitrogens is 1. The number of pyridine rings is 1. The van der Waals surface area contributed by atoms with Crippen molar-refractivity contribution in [2.24, 2.45) is 0 Å². The summed E-state index contributed by atoms with van der Waals surface area (Å²) in [6, 6.07) is 9.02. The van der Waals surface area contributed by atoms with Crippen molar-refractivity contribution in [3.63, 3.8) is 0 Å². The second-order valence-electron chi connectivity index (χ2n) is 4.93. The molecule has 0 spiro atoms. The number of nitrogens with zero attached hydrogens (tertiary/aromatic N) is 2. The number of carbonyl (C=O) groups excluding carboxylic acids is 1. The largest absolute Gasteiger partial charge is 0.338 e. The van der Waals surface area contributed by atoms with Crippen LogP contribution in [0, 0.1) is 0 Å². The summed E-state index contributed by atoms with van der Waals surface area (Å²) in [5.41, 5.74) is 0.613. The fraction of sp³-hybridized carbons (Fsp3) is 0.294. The van der Waals surface area contributed by atoms with Gasteiger partial charge >= 0.3 is 0 Å². The van der Waals surface area contributed by atoms with Gasteiger partial charge in [0.2, 0.25) is 0 Å². The molecule has 1 heterocycles. The van der Waals surface area contributed by atoms with Gasteiger partial charge in [-0.15, -0.1) is 11.8 Å². The van der Waals surface area contributed by atoms with Crippen molar-refractivity contribution in [3.8, 4) is 0 Å². The maximum Gasteiger partial charge on any atom is 0.255 e. The van der Waals surface area contributed by atoms with Gasteiger partial charge in [0.25, 0.3) is 5.91 Å². The zero-order valence-corrected chi connectivity index (χ0v) is 15.2. The van der Waals surface area contributed by atoms with Crippen molar-refractivity contribution < 1.29 is 4.79 Å². The van der Waals surface area contributed by atoms with Crippen LogP contribution >= 0.6 is 35.0 Å². The highest BCUT2D eigenvalue weighted by Crippen LogP contribution is 2.33. The first-order valence-electron chi connectivity index (χ1n) is 7.39. The van der Waals surface area contributed by atoms with Gasteiger partial charge in [-0.05, 0) is 30.7 Å². The number of carbonyl (C=O) groups is 1. The predicted octanol–water partition coefficient (Wildman–Crippen LogP) is 5.03. The van der Waals surface area contributed by atoms with Crippen LogP contribution in [0.25, 0.3) is 0 Å². The van der Waals surface area contributed by atoms with E-state index in [1.54, 1.807) is 36.3 Å². The molecule has 1 aromatic heterocycles. The van der Waals surface area contributed by atoms with Crippen molar-refractivity contribution >= 4 is 40.9 Å². The summed E-state index contributed by atoms with van der Waals surface area (Å²) >= 11 is 13.9. The summed E-state index contributed by atoms with van der Waals surface area (Å²) in [6.45, 7) is 3.40. The third-order valence-electron chi connectivity index (χ3n) is 3.22. The van der Waals surface area contributed by atoms with Crippen LogP contribution in [-0.4, -0.2) is 34.6 Å². The lowest BCUT2D eigenvalue weighted by Crippen LogP contribution is -2.33. The Hall–Kier alpha value is -1.23. The summed E-state index contributed by atoms with van der Waals surface area (Å²) in [4.78, 5) is 19.3. The van der Waals surface area contributed by atoms with Gasteiger partial charge in [0.15, 0.2) is 0 Å². The zero-order chi connectivity index (χ0) is 16.7. The van der Waals surface area contributed by atoms with Crippen LogP contribution in [0.5, 0.6) is 0 Å². The molecule has 0 atom stereocenters. The number of hydrogen-bond acceptors (Lipinski definition) is 3.